The van der Waals surface area contributed by atoms with Gasteiger partial charge < -0.3 is 4.74 Å². The van der Waals surface area contributed by atoms with Gasteiger partial charge in [-0.05, 0) is 81.0 Å². The summed E-state index contributed by atoms with van der Waals surface area (Å²) in [6, 6.07) is 11.4. The lowest BCUT2D eigenvalue weighted by Gasteiger charge is -2.12. The molecule has 5 heteroatoms. The zero-order chi connectivity index (χ0) is 25.8. The molecule has 184 valence electrons. The molecule has 0 fully saturated rings. The minimum Gasteiger partial charge on any atom is -0.462 e. The number of rotatable bonds is 6. The van der Waals surface area contributed by atoms with E-state index in [1.54, 1.807) is 13.0 Å². The number of fused-ring (bicyclic) bond motifs is 1. The van der Waals surface area contributed by atoms with E-state index in [4.69, 9.17) is 4.74 Å². The van der Waals surface area contributed by atoms with Gasteiger partial charge >= 0.3 is 5.97 Å². The van der Waals surface area contributed by atoms with E-state index in [0.29, 0.717) is 29.8 Å². The Bertz CT molecular complexity index is 1160. The number of carbonyl (C=O) groups is 1. The minimum absolute atomic E-state index is 0.310. The third-order valence-electron chi connectivity index (χ3n) is 5.44. The second kappa shape index (κ2) is 14.5. The van der Waals surface area contributed by atoms with Gasteiger partial charge in [0, 0.05) is 11.0 Å². The van der Waals surface area contributed by atoms with E-state index >= 15 is 4.48 Å². The predicted molar refractivity (Wildman–Crippen MR) is 148 cm³/mol. The molecule has 0 amide bonds. The normalized spacial score (nSPS) is 11.1. The molecule has 0 bridgehead atoms. The number of nitrogens with zero attached hydrogens (tertiary/aromatic N) is 1. The number of hydrogen-bond donors (Lipinski definition) is 0. The molecule has 0 aliphatic heterocycles. The van der Waals surface area contributed by atoms with E-state index in [2.05, 4.69) is 0 Å². The highest BCUT2D eigenvalue weighted by atomic mass is 31.1. The van der Waals surface area contributed by atoms with Crippen LogP contribution in [0.25, 0.3) is 16.5 Å². The fraction of sp³-hybridized carbons (Fsp3) is 0.379. The second-order valence-corrected chi connectivity index (χ2v) is 7.96. The van der Waals surface area contributed by atoms with Gasteiger partial charge in [0.25, 0.3) is 0 Å². The number of aromatic nitrogens is 1. The van der Waals surface area contributed by atoms with Crippen molar-refractivity contribution < 1.29 is 14.0 Å². The quantitative estimate of drug-likeness (QED) is 0.260. The third kappa shape index (κ3) is 6.24. The highest BCUT2D eigenvalue weighted by Gasteiger charge is 2.20. The summed E-state index contributed by atoms with van der Waals surface area (Å²) in [5, 5.41) is 0.927. The van der Waals surface area contributed by atoms with Gasteiger partial charge in [-0.25, -0.2) is 4.79 Å². The number of benzene rings is 2. The van der Waals surface area contributed by atoms with Crippen LogP contribution in [0, 0.1) is 13.8 Å². The molecule has 0 aliphatic carbocycles. The summed E-state index contributed by atoms with van der Waals surface area (Å²) in [5.41, 5.74) is 6.54. The molecule has 3 aromatic rings. The largest absolute Gasteiger partial charge is 0.462 e. The summed E-state index contributed by atoms with van der Waals surface area (Å²) in [5.74, 6) is 1.71. The summed E-state index contributed by atoms with van der Waals surface area (Å²) in [6.07, 6.45) is 2.56. The SMILES string of the molecule is C/C=C(\C=PC)c1c(C)c2c(Cc3cccc(C(=O)OCC)c3C)cccc2n1F.CC.CC. The van der Waals surface area contributed by atoms with Crippen LogP contribution in [0.1, 0.15) is 79.8 Å². The van der Waals surface area contributed by atoms with Crippen molar-refractivity contribution in [2.75, 3.05) is 13.3 Å². The van der Waals surface area contributed by atoms with Gasteiger partial charge in [-0.2, -0.15) is 4.79 Å². The summed E-state index contributed by atoms with van der Waals surface area (Å²) >= 11 is 0. The Morgan fingerprint density at radius 1 is 1.03 bits per heavy atom. The van der Waals surface area contributed by atoms with Crippen LogP contribution in [0.3, 0.4) is 0 Å². The Kier molecular flexibility index (Phi) is 12.5. The number of esters is 1. The van der Waals surface area contributed by atoms with Crippen LogP contribution >= 0.6 is 8.20 Å². The zero-order valence-corrected chi connectivity index (χ0v) is 23.0. The van der Waals surface area contributed by atoms with E-state index in [0.717, 1.165) is 46.2 Å². The van der Waals surface area contributed by atoms with Crippen molar-refractivity contribution in [1.82, 2.24) is 4.79 Å². The lowest BCUT2D eigenvalue weighted by molar-refractivity contribution is 0.0525. The summed E-state index contributed by atoms with van der Waals surface area (Å²) in [6.45, 7) is 18.0. The lowest BCUT2D eigenvalue weighted by atomic mass is 9.94. The maximum absolute atomic E-state index is 15.3. The molecule has 3 rings (SSSR count). The molecular weight excluding hydrogens is 444 g/mol. The number of allylic oxidation sites excluding steroid dienone is 2. The van der Waals surface area contributed by atoms with Gasteiger partial charge in [-0.15, -0.1) is 8.20 Å². The molecule has 0 atom stereocenters. The zero-order valence-electron chi connectivity index (χ0n) is 22.1. The molecule has 1 heterocycles. The Hall–Kier alpha value is -2.71. The standard InChI is InChI=1S/C25H27FNO2P.2C2H6/c1-6-18(15-30-5)24-17(4)23-20(11-9-13-22(23)27(24)26)14-19-10-8-12-21(16(19)3)25(28)29-7-2;2*1-2/h6,8-13,15H,7,14H2,1-5H3;2*1-2H3/b18-6+;;. The molecule has 0 saturated carbocycles. The van der Waals surface area contributed by atoms with E-state index in [9.17, 15) is 4.79 Å². The Balaban J connectivity index is 0.00000137. The first-order valence-electron chi connectivity index (χ1n) is 12.1. The molecule has 0 radical (unpaired) electrons. The Labute approximate surface area is 206 Å². The molecule has 34 heavy (non-hydrogen) atoms. The highest BCUT2D eigenvalue weighted by molar-refractivity contribution is 7.39. The van der Waals surface area contributed by atoms with Gasteiger partial charge in [0.15, 0.2) is 0 Å². The van der Waals surface area contributed by atoms with Gasteiger partial charge in [0.1, 0.15) is 0 Å². The number of hydrogen-bond acceptors (Lipinski definition) is 2. The molecule has 1 aromatic heterocycles. The molecule has 0 N–H and O–H groups in total. The topological polar surface area (TPSA) is 31.2 Å². The van der Waals surface area contributed by atoms with Crippen LogP contribution in [0.5, 0.6) is 0 Å². The number of ether oxygens (including phenoxy) is 1. The first-order chi connectivity index (χ1) is 16.4. The number of aryl methyl sites for hydroxylation is 1. The summed E-state index contributed by atoms with van der Waals surface area (Å²) in [7, 11) is 1.08. The van der Waals surface area contributed by atoms with E-state index in [1.807, 2.05) is 97.3 Å². The van der Waals surface area contributed by atoms with Crippen molar-refractivity contribution in [2.45, 2.75) is 61.8 Å². The maximum Gasteiger partial charge on any atom is 0.338 e. The fourth-order valence-electron chi connectivity index (χ4n) is 3.97. The number of carbonyl (C=O) groups excluding carboxylic acids is 1. The van der Waals surface area contributed by atoms with Crippen molar-refractivity contribution in [1.29, 1.82) is 0 Å². The van der Waals surface area contributed by atoms with Crippen LogP contribution in [0.15, 0.2) is 42.5 Å². The van der Waals surface area contributed by atoms with Crippen LogP contribution in [0.4, 0.5) is 4.48 Å². The van der Waals surface area contributed by atoms with Crippen molar-refractivity contribution >= 4 is 36.4 Å². The van der Waals surface area contributed by atoms with Crippen LogP contribution in [-0.4, -0.2) is 29.8 Å². The van der Waals surface area contributed by atoms with Gasteiger partial charge in [0.05, 0.1) is 23.4 Å². The van der Waals surface area contributed by atoms with Crippen molar-refractivity contribution in [3.05, 3.63) is 76.0 Å². The van der Waals surface area contributed by atoms with Crippen LogP contribution in [0.2, 0.25) is 0 Å². The second-order valence-electron chi connectivity index (χ2n) is 7.18. The monoisotopic (exact) mass is 483 g/mol. The van der Waals surface area contributed by atoms with Gasteiger partial charge in [0.2, 0.25) is 0 Å². The van der Waals surface area contributed by atoms with E-state index in [-0.39, 0.29) is 5.97 Å². The molecule has 2 aromatic carbocycles. The average Bonchev–Trinajstić information content (AvgIpc) is 3.12. The predicted octanol–water partition coefficient (Wildman–Crippen LogP) is 8.59. The van der Waals surface area contributed by atoms with Gasteiger partial charge in [-0.1, -0.05) is 62.5 Å². The fourth-order valence-corrected chi connectivity index (χ4v) is 4.52. The highest BCUT2D eigenvalue weighted by Crippen LogP contribution is 2.34. The summed E-state index contributed by atoms with van der Waals surface area (Å²) in [4.78, 5) is 13.1. The Morgan fingerprint density at radius 3 is 2.24 bits per heavy atom. The molecule has 3 nitrogen and oxygen atoms in total. The lowest BCUT2D eigenvalue weighted by Crippen LogP contribution is -2.08. The molecular formula is C29H39FNO2P. The van der Waals surface area contributed by atoms with E-state index < -0.39 is 0 Å². The average molecular weight is 484 g/mol. The smallest absolute Gasteiger partial charge is 0.338 e. The molecule has 0 saturated heterocycles. The maximum atomic E-state index is 15.3. The first kappa shape index (κ1) is 29.3. The minimum atomic E-state index is -0.310. The van der Waals surface area contributed by atoms with Gasteiger partial charge in [-0.3, -0.25) is 0 Å². The molecule has 0 unspecified atom stereocenters. The summed E-state index contributed by atoms with van der Waals surface area (Å²) < 4.78 is 20.5. The van der Waals surface area contributed by atoms with Crippen molar-refractivity contribution in [3.8, 4) is 0 Å². The number of halogens is 1. The molecule has 0 spiro atoms. The van der Waals surface area contributed by atoms with Crippen LogP contribution < -0.4 is 0 Å². The Morgan fingerprint density at radius 2 is 1.65 bits per heavy atom. The van der Waals surface area contributed by atoms with Crippen LogP contribution in [-0.2, 0) is 11.2 Å². The molecule has 0 aliphatic rings. The van der Waals surface area contributed by atoms with Crippen molar-refractivity contribution in [2.24, 2.45) is 0 Å². The first-order valence-corrected chi connectivity index (χ1v) is 13.5. The third-order valence-corrected chi connectivity index (χ3v) is 5.98. The van der Waals surface area contributed by atoms with E-state index in [1.165, 1.54) is 0 Å². The van der Waals surface area contributed by atoms with Crippen molar-refractivity contribution in [3.63, 3.8) is 0 Å².